The van der Waals surface area contributed by atoms with Gasteiger partial charge in [-0.3, -0.25) is 9.59 Å². The lowest BCUT2D eigenvalue weighted by atomic mass is 10.1. The number of hydrogen-bond donors (Lipinski definition) is 3. The fourth-order valence-corrected chi connectivity index (χ4v) is 3.06. The highest BCUT2D eigenvalue weighted by Gasteiger charge is 2.15. The van der Waals surface area contributed by atoms with Crippen molar-refractivity contribution >= 4 is 28.5 Å². The minimum Gasteiger partial charge on any atom is -0.361 e. The number of nitrogens with one attached hydrogen (secondary N) is 3. The summed E-state index contributed by atoms with van der Waals surface area (Å²) in [5.74, 6) is -0.784. The van der Waals surface area contributed by atoms with Gasteiger partial charge in [-0.2, -0.15) is 5.10 Å². The molecule has 27 heavy (non-hydrogen) atoms. The van der Waals surface area contributed by atoms with Crippen LogP contribution in [0, 0.1) is 6.92 Å². The van der Waals surface area contributed by atoms with Crippen LogP contribution in [0.2, 0.25) is 0 Å². The molecule has 142 valence electrons. The fourth-order valence-electron chi connectivity index (χ4n) is 3.06. The van der Waals surface area contributed by atoms with E-state index in [1.807, 2.05) is 12.3 Å². The summed E-state index contributed by atoms with van der Waals surface area (Å²) < 4.78 is 1.70. The predicted molar refractivity (Wildman–Crippen MR) is 106 cm³/mol. The predicted octanol–water partition coefficient (Wildman–Crippen LogP) is 2.77. The first-order valence-corrected chi connectivity index (χ1v) is 9.26. The summed E-state index contributed by atoms with van der Waals surface area (Å²) in [6, 6.07) is 7.82. The number of carbonyl (C=O) groups is 2. The summed E-state index contributed by atoms with van der Waals surface area (Å²) in [4.78, 5) is 27.5. The van der Waals surface area contributed by atoms with Crippen LogP contribution in [0.15, 0.2) is 36.7 Å². The first-order valence-electron chi connectivity index (χ1n) is 9.26. The minimum absolute atomic E-state index is 0.391. The van der Waals surface area contributed by atoms with Gasteiger partial charge < -0.3 is 15.6 Å². The van der Waals surface area contributed by atoms with Crippen LogP contribution in [0.5, 0.6) is 0 Å². The number of benzene rings is 1. The molecule has 2 heterocycles. The molecular formula is C20H25N5O2. The van der Waals surface area contributed by atoms with E-state index in [1.54, 1.807) is 16.9 Å². The molecule has 7 heteroatoms. The van der Waals surface area contributed by atoms with Gasteiger partial charge in [0.1, 0.15) is 5.82 Å². The van der Waals surface area contributed by atoms with Crippen LogP contribution in [0.3, 0.4) is 0 Å². The molecule has 0 bridgehead atoms. The van der Waals surface area contributed by atoms with Gasteiger partial charge in [0.2, 0.25) is 0 Å². The van der Waals surface area contributed by atoms with Gasteiger partial charge in [0.25, 0.3) is 0 Å². The summed E-state index contributed by atoms with van der Waals surface area (Å²) >= 11 is 0. The Kier molecular flexibility index (Phi) is 5.90. The number of unbranched alkanes of at least 4 members (excludes halogenated alkanes) is 1. The molecule has 7 nitrogen and oxygen atoms in total. The SMILES string of the molecule is CCCCn1nccc1NC(=O)C(=O)NCCc1c[nH]c2c(C)cccc12. The Morgan fingerprint density at radius 1 is 1.22 bits per heavy atom. The number of hydrogen-bond acceptors (Lipinski definition) is 3. The van der Waals surface area contributed by atoms with Gasteiger partial charge in [0, 0.05) is 36.3 Å². The van der Waals surface area contributed by atoms with E-state index in [1.165, 1.54) is 5.56 Å². The van der Waals surface area contributed by atoms with Gasteiger partial charge in [-0.15, -0.1) is 0 Å². The van der Waals surface area contributed by atoms with E-state index in [4.69, 9.17) is 0 Å². The van der Waals surface area contributed by atoms with Gasteiger partial charge in [-0.1, -0.05) is 31.5 Å². The van der Waals surface area contributed by atoms with Gasteiger partial charge in [-0.05, 0) is 30.9 Å². The number of aromatic nitrogens is 3. The fraction of sp³-hybridized carbons (Fsp3) is 0.350. The van der Waals surface area contributed by atoms with Gasteiger partial charge in [0.15, 0.2) is 0 Å². The van der Waals surface area contributed by atoms with E-state index in [0.29, 0.717) is 25.3 Å². The smallest absolute Gasteiger partial charge is 0.314 e. The minimum atomic E-state index is -0.678. The first kappa shape index (κ1) is 18.7. The second-order valence-corrected chi connectivity index (χ2v) is 6.56. The van der Waals surface area contributed by atoms with E-state index in [9.17, 15) is 9.59 Å². The molecule has 0 aliphatic heterocycles. The van der Waals surface area contributed by atoms with Crippen molar-refractivity contribution in [1.82, 2.24) is 20.1 Å². The van der Waals surface area contributed by atoms with Gasteiger partial charge in [0.05, 0.1) is 6.20 Å². The highest BCUT2D eigenvalue weighted by Crippen LogP contribution is 2.21. The monoisotopic (exact) mass is 367 g/mol. The van der Waals surface area contributed by atoms with Crippen molar-refractivity contribution in [2.45, 2.75) is 39.7 Å². The van der Waals surface area contributed by atoms with Crippen molar-refractivity contribution in [3.63, 3.8) is 0 Å². The summed E-state index contributed by atoms with van der Waals surface area (Å²) in [5.41, 5.74) is 3.41. The maximum Gasteiger partial charge on any atom is 0.314 e. The molecule has 3 N–H and O–H groups in total. The topological polar surface area (TPSA) is 91.8 Å². The highest BCUT2D eigenvalue weighted by molar-refractivity contribution is 6.39. The molecule has 0 spiro atoms. The van der Waals surface area contributed by atoms with Crippen molar-refractivity contribution in [3.05, 3.63) is 47.8 Å². The second kappa shape index (κ2) is 8.53. The molecule has 0 aliphatic rings. The number of aryl methyl sites for hydroxylation is 2. The Morgan fingerprint density at radius 2 is 2.07 bits per heavy atom. The van der Waals surface area contributed by atoms with Crippen LogP contribution in [-0.2, 0) is 22.6 Å². The van der Waals surface area contributed by atoms with E-state index in [2.05, 4.69) is 46.7 Å². The molecule has 0 fully saturated rings. The Labute approximate surface area is 158 Å². The van der Waals surface area contributed by atoms with Crippen molar-refractivity contribution in [1.29, 1.82) is 0 Å². The van der Waals surface area contributed by atoms with Crippen LogP contribution in [-0.4, -0.2) is 33.1 Å². The zero-order valence-corrected chi connectivity index (χ0v) is 15.7. The molecule has 2 aromatic heterocycles. The number of fused-ring (bicyclic) bond motifs is 1. The van der Waals surface area contributed by atoms with Gasteiger partial charge in [-0.25, -0.2) is 4.68 Å². The molecule has 0 unspecified atom stereocenters. The zero-order valence-electron chi connectivity index (χ0n) is 15.7. The Balaban J connectivity index is 1.52. The van der Waals surface area contributed by atoms with Crippen LogP contribution in [0.1, 0.15) is 30.9 Å². The summed E-state index contributed by atoms with van der Waals surface area (Å²) in [6.07, 6.45) is 6.21. The van der Waals surface area contributed by atoms with Crippen LogP contribution < -0.4 is 10.6 Å². The lowest BCUT2D eigenvalue weighted by Crippen LogP contribution is -2.37. The molecule has 3 rings (SSSR count). The molecule has 0 radical (unpaired) electrons. The number of para-hydroxylation sites is 1. The Morgan fingerprint density at radius 3 is 2.89 bits per heavy atom. The number of anilines is 1. The van der Waals surface area contributed by atoms with Crippen molar-refractivity contribution in [2.75, 3.05) is 11.9 Å². The Bertz CT molecular complexity index is 941. The number of carbonyl (C=O) groups excluding carboxylic acids is 2. The molecule has 2 amide bonds. The van der Waals surface area contributed by atoms with Crippen LogP contribution in [0.4, 0.5) is 5.82 Å². The van der Waals surface area contributed by atoms with Crippen molar-refractivity contribution < 1.29 is 9.59 Å². The maximum absolute atomic E-state index is 12.1. The van der Waals surface area contributed by atoms with Crippen molar-refractivity contribution in [3.8, 4) is 0 Å². The molecule has 0 saturated carbocycles. The van der Waals surface area contributed by atoms with Crippen LogP contribution in [0.25, 0.3) is 10.9 Å². The largest absolute Gasteiger partial charge is 0.361 e. The summed E-state index contributed by atoms with van der Waals surface area (Å²) in [5, 5.41) is 10.6. The number of H-pyrrole nitrogens is 1. The molecular weight excluding hydrogens is 342 g/mol. The van der Waals surface area contributed by atoms with E-state index >= 15 is 0 Å². The third-order valence-electron chi connectivity index (χ3n) is 4.58. The van der Waals surface area contributed by atoms with Gasteiger partial charge >= 0.3 is 11.8 Å². The zero-order chi connectivity index (χ0) is 19.2. The average molecular weight is 367 g/mol. The number of rotatable bonds is 7. The normalized spacial score (nSPS) is 10.9. The molecule has 0 atom stereocenters. The van der Waals surface area contributed by atoms with E-state index < -0.39 is 11.8 Å². The second-order valence-electron chi connectivity index (χ2n) is 6.56. The molecule has 3 aromatic rings. The Hall–Kier alpha value is -3.09. The lowest BCUT2D eigenvalue weighted by Gasteiger charge is -2.09. The van der Waals surface area contributed by atoms with Crippen molar-refractivity contribution in [2.24, 2.45) is 0 Å². The first-order chi connectivity index (χ1) is 13.1. The number of nitrogens with zero attached hydrogens (tertiary/aromatic N) is 2. The third-order valence-corrected chi connectivity index (χ3v) is 4.58. The number of aromatic amines is 1. The lowest BCUT2D eigenvalue weighted by molar-refractivity contribution is -0.136. The third kappa shape index (κ3) is 4.36. The highest BCUT2D eigenvalue weighted by atomic mass is 16.2. The number of amides is 2. The summed E-state index contributed by atoms with van der Waals surface area (Å²) in [6.45, 7) is 5.24. The molecule has 0 saturated heterocycles. The summed E-state index contributed by atoms with van der Waals surface area (Å²) in [7, 11) is 0. The van der Waals surface area contributed by atoms with E-state index in [-0.39, 0.29) is 0 Å². The maximum atomic E-state index is 12.1. The van der Waals surface area contributed by atoms with E-state index in [0.717, 1.165) is 29.3 Å². The average Bonchev–Trinajstić information content (AvgIpc) is 3.27. The molecule has 1 aromatic carbocycles. The quantitative estimate of drug-likeness (QED) is 0.561. The van der Waals surface area contributed by atoms with Crippen LogP contribution >= 0.6 is 0 Å². The standard InChI is InChI=1S/C20H25N5O2/c1-3-4-12-25-17(9-11-23-25)24-20(27)19(26)21-10-8-15-13-22-18-14(2)6-5-7-16(15)18/h5-7,9,11,13,22H,3-4,8,10,12H2,1-2H3,(H,21,26)(H,24,27). The molecule has 0 aliphatic carbocycles.